The van der Waals surface area contributed by atoms with E-state index in [1.807, 2.05) is 0 Å². The molecule has 1 heterocycles. The highest BCUT2D eigenvalue weighted by Crippen LogP contribution is 2.50. The number of esters is 1. The van der Waals surface area contributed by atoms with Gasteiger partial charge in [0.2, 0.25) is 0 Å². The average Bonchev–Trinajstić information content (AvgIpc) is 3.14. The minimum absolute atomic E-state index is 0.0202. The van der Waals surface area contributed by atoms with Crippen molar-refractivity contribution < 1.29 is 32.2 Å². The zero-order valence-electron chi connectivity index (χ0n) is 19.7. The van der Waals surface area contributed by atoms with E-state index in [1.165, 1.54) is 57.5 Å². The van der Waals surface area contributed by atoms with Gasteiger partial charge in [-0.05, 0) is 52.6 Å². The molecule has 1 aromatic heterocycles. The third-order valence-electron chi connectivity index (χ3n) is 6.47. The first kappa shape index (κ1) is 26.8. The SMILES string of the molecule is COC(=O)c1ccc(-c2ccc(C(C)C(O)(c3ccc4c(c3)oc(=O)n4C)C(F)(F)F)c(Cl)c2)cc1Cl. The first-order chi connectivity index (χ1) is 17.3. The smallest absolute Gasteiger partial charge is 0.422 e. The summed E-state index contributed by atoms with van der Waals surface area (Å²) in [5.74, 6) is -2.90. The molecule has 0 radical (unpaired) electrons. The normalized spacial score (nSPS) is 14.4. The van der Waals surface area contributed by atoms with Gasteiger partial charge in [-0.2, -0.15) is 13.2 Å². The quantitative estimate of drug-likeness (QED) is 0.287. The number of aliphatic hydroxyl groups is 1. The Balaban J connectivity index is 1.77. The van der Waals surface area contributed by atoms with Crippen molar-refractivity contribution in [2.45, 2.75) is 24.6 Å². The summed E-state index contributed by atoms with van der Waals surface area (Å²) in [5, 5.41) is 11.3. The van der Waals surface area contributed by atoms with Gasteiger partial charge in [0, 0.05) is 18.0 Å². The molecule has 3 aromatic carbocycles. The minimum atomic E-state index is -5.10. The number of rotatable bonds is 5. The third kappa shape index (κ3) is 4.52. The Morgan fingerprint density at radius 1 is 1.03 bits per heavy atom. The Labute approximate surface area is 218 Å². The number of hydrogen-bond acceptors (Lipinski definition) is 5. The predicted molar refractivity (Wildman–Crippen MR) is 133 cm³/mol. The molecule has 0 bridgehead atoms. The van der Waals surface area contributed by atoms with Crippen LogP contribution >= 0.6 is 23.2 Å². The standard InChI is InChI=1S/C26H20Cl2F3NO5/c1-13(25(35,26(29,30)31)16-6-9-21-22(12-16)37-24(34)32(21)2)17-7-4-14(10-19(17)27)15-5-8-18(20(28)11-15)23(33)36-3/h4-13,35H,1-3H3. The maximum Gasteiger partial charge on any atom is 0.422 e. The number of carbonyl (C=O) groups is 1. The zero-order chi connectivity index (χ0) is 27.3. The molecule has 0 amide bonds. The molecule has 0 saturated carbocycles. The van der Waals surface area contributed by atoms with E-state index in [0.717, 1.165) is 16.7 Å². The number of halogens is 5. The molecule has 4 aromatic rings. The van der Waals surface area contributed by atoms with Crippen LogP contribution in [0.25, 0.3) is 22.2 Å². The Morgan fingerprint density at radius 3 is 2.22 bits per heavy atom. The van der Waals surface area contributed by atoms with Gasteiger partial charge in [-0.25, -0.2) is 9.59 Å². The lowest BCUT2D eigenvalue weighted by Gasteiger charge is -2.37. The number of aromatic nitrogens is 1. The number of nitrogens with zero attached hydrogens (tertiary/aromatic N) is 1. The summed E-state index contributed by atoms with van der Waals surface area (Å²) in [6.45, 7) is 1.21. The molecule has 2 atom stereocenters. The summed E-state index contributed by atoms with van der Waals surface area (Å²) in [4.78, 5) is 23.6. The maximum atomic E-state index is 14.4. The molecular weight excluding hydrogens is 534 g/mol. The molecule has 194 valence electrons. The van der Waals surface area contributed by atoms with Gasteiger partial charge in [-0.15, -0.1) is 0 Å². The number of fused-ring (bicyclic) bond motifs is 1. The number of hydrogen-bond donors (Lipinski definition) is 1. The van der Waals surface area contributed by atoms with E-state index in [0.29, 0.717) is 11.1 Å². The lowest BCUT2D eigenvalue weighted by Crippen LogP contribution is -2.46. The van der Waals surface area contributed by atoms with Gasteiger partial charge >= 0.3 is 17.9 Å². The van der Waals surface area contributed by atoms with Crippen LogP contribution in [0.15, 0.2) is 63.8 Å². The Bertz CT molecular complexity index is 1580. The minimum Gasteiger partial charge on any atom is -0.465 e. The molecule has 6 nitrogen and oxygen atoms in total. The molecule has 0 saturated heterocycles. The number of benzene rings is 3. The van der Waals surface area contributed by atoms with Crippen LogP contribution in [-0.4, -0.2) is 28.9 Å². The molecule has 11 heteroatoms. The van der Waals surface area contributed by atoms with Crippen molar-refractivity contribution in [2.24, 2.45) is 7.05 Å². The van der Waals surface area contributed by atoms with E-state index in [1.54, 1.807) is 6.07 Å². The summed E-state index contributed by atoms with van der Waals surface area (Å²) < 4.78 is 54.1. The van der Waals surface area contributed by atoms with Crippen LogP contribution in [0.5, 0.6) is 0 Å². The molecule has 0 aliphatic heterocycles. The van der Waals surface area contributed by atoms with Gasteiger partial charge in [0.15, 0.2) is 11.2 Å². The molecule has 4 rings (SSSR count). The monoisotopic (exact) mass is 553 g/mol. The number of alkyl halides is 3. The van der Waals surface area contributed by atoms with E-state index < -0.39 is 35.0 Å². The van der Waals surface area contributed by atoms with Gasteiger partial charge in [0.05, 0.1) is 23.2 Å². The van der Waals surface area contributed by atoms with Gasteiger partial charge in [0.25, 0.3) is 0 Å². The first-order valence-corrected chi connectivity index (χ1v) is 11.6. The molecule has 0 spiro atoms. The fourth-order valence-electron chi connectivity index (χ4n) is 4.28. The molecule has 1 N–H and O–H groups in total. The highest BCUT2D eigenvalue weighted by atomic mass is 35.5. The number of ether oxygens (including phenoxy) is 1. The van der Waals surface area contributed by atoms with Crippen LogP contribution in [0.4, 0.5) is 13.2 Å². The summed E-state index contributed by atoms with van der Waals surface area (Å²) in [6, 6.07) is 12.4. The fourth-order valence-corrected chi connectivity index (χ4v) is 4.89. The Kier molecular flexibility index (Phi) is 6.92. The van der Waals surface area contributed by atoms with Crippen LogP contribution in [0.3, 0.4) is 0 Å². The van der Waals surface area contributed by atoms with Gasteiger partial charge in [-0.3, -0.25) is 4.57 Å². The van der Waals surface area contributed by atoms with Crippen LogP contribution in [-0.2, 0) is 17.4 Å². The van der Waals surface area contributed by atoms with Crippen LogP contribution < -0.4 is 5.76 Å². The average molecular weight is 554 g/mol. The molecule has 0 aliphatic rings. The van der Waals surface area contributed by atoms with Gasteiger partial charge in [-0.1, -0.05) is 54.4 Å². The Morgan fingerprint density at radius 2 is 1.65 bits per heavy atom. The number of methoxy groups -OCH3 is 1. The summed E-state index contributed by atoms with van der Waals surface area (Å²) in [5.41, 5.74) is -2.37. The second kappa shape index (κ2) is 9.55. The van der Waals surface area contributed by atoms with E-state index in [9.17, 15) is 27.9 Å². The largest absolute Gasteiger partial charge is 0.465 e. The van der Waals surface area contributed by atoms with Gasteiger partial charge in [0.1, 0.15) is 0 Å². The number of carbonyl (C=O) groups excluding carboxylic acids is 1. The van der Waals surface area contributed by atoms with Crippen molar-refractivity contribution in [2.75, 3.05) is 7.11 Å². The number of aryl methyl sites for hydroxylation is 1. The predicted octanol–water partition coefficient (Wildman–Crippen LogP) is 6.45. The molecular formula is C26H20Cl2F3NO5. The second-order valence-electron chi connectivity index (χ2n) is 8.52. The van der Waals surface area contributed by atoms with Crippen molar-refractivity contribution in [3.05, 3.63) is 91.9 Å². The van der Waals surface area contributed by atoms with Crippen LogP contribution in [0, 0.1) is 0 Å². The van der Waals surface area contributed by atoms with Crippen LogP contribution in [0.1, 0.15) is 34.3 Å². The van der Waals surface area contributed by atoms with Crippen LogP contribution in [0.2, 0.25) is 10.0 Å². The first-order valence-electron chi connectivity index (χ1n) is 10.9. The van der Waals surface area contributed by atoms with Crippen molar-refractivity contribution >= 4 is 40.3 Å². The van der Waals surface area contributed by atoms with E-state index in [-0.39, 0.29) is 32.3 Å². The van der Waals surface area contributed by atoms with E-state index in [2.05, 4.69) is 4.74 Å². The summed E-state index contributed by atoms with van der Waals surface area (Å²) >= 11 is 12.6. The summed E-state index contributed by atoms with van der Waals surface area (Å²) in [7, 11) is 2.64. The number of oxazole rings is 1. The molecule has 0 aliphatic carbocycles. The summed E-state index contributed by atoms with van der Waals surface area (Å²) in [6.07, 6.45) is -5.10. The van der Waals surface area contributed by atoms with Crippen molar-refractivity contribution in [1.82, 2.24) is 4.57 Å². The lowest BCUT2D eigenvalue weighted by molar-refractivity contribution is -0.274. The highest BCUT2D eigenvalue weighted by Gasteiger charge is 2.59. The topological polar surface area (TPSA) is 81.7 Å². The molecule has 2 unspecified atom stereocenters. The van der Waals surface area contributed by atoms with E-state index in [4.69, 9.17) is 27.6 Å². The maximum absolute atomic E-state index is 14.4. The van der Waals surface area contributed by atoms with E-state index >= 15 is 0 Å². The zero-order valence-corrected chi connectivity index (χ0v) is 21.2. The third-order valence-corrected chi connectivity index (χ3v) is 7.11. The molecule has 0 fully saturated rings. The van der Waals surface area contributed by atoms with Crippen molar-refractivity contribution in [3.63, 3.8) is 0 Å². The Hall–Kier alpha value is -3.27. The second-order valence-corrected chi connectivity index (χ2v) is 9.33. The fraction of sp³-hybridized carbons (Fsp3) is 0.231. The molecule has 37 heavy (non-hydrogen) atoms. The van der Waals surface area contributed by atoms with Crippen molar-refractivity contribution in [1.29, 1.82) is 0 Å². The highest BCUT2D eigenvalue weighted by molar-refractivity contribution is 6.34. The lowest BCUT2D eigenvalue weighted by atomic mass is 9.77. The van der Waals surface area contributed by atoms with Gasteiger partial charge < -0.3 is 14.3 Å². The van der Waals surface area contributed by atoms with Crippen molar-refractivity contribution in [3.8, 4) is 11.1 Å².